The fourth-order valence-electron chi connectivity index (χ4n) is 3.65. The first-order valence-corrected chi connectivity index (χ1v) is 10.2. The van der Waals surface area contributed by atoms with Gasteiger partial charge in [-0.1, -0.05) is 18.2 Å². The van der Waals surface area contributed by atoms with Gasteiger partial charge in [-0.05, 0) is 60.2 Å². The maximum absolute atomic E-state index is 13.3. The zero-order valence-electron chi connectivity index (χ0n) is 17.5. The van der Waals surface area contributed by atoms with Crippen molar-refractivity contribution in [3.05, 3.63) is 95.3 Å². The number of hydrogen-bond acceptors (Lipinski definition) is 5. The number of carbonyl (C=O) groups excluding carboxylic acids is 2. The number of phenolic OH excluding ortho intramolecular Hbond substituents is 1. The molecule has 2 heterocycles. The van der Waals surface area contributed by atoms with E-state index in [-0.39, 0.29) is 30.2 Å². The maximum atomic E-state index is 13.3. The number of carboxylic acid groups (broad SMARTS) is 1. The Hall–Kier alpha value is -4.46. The molecule has 0 radical (unpaired) electrons. The van der Waals surface area contributed by atoms with Crippen molar-refractivity contribution in [3.8, 4) is 5.75 Å². The minimum atomic E-state index is -1.05. The van der Waals surface area contributed by atoms with Gasteiger partial charge in [-0.15, -0.1) is 0 Å². The van der Waals surface area contributed by atoms with Gasteiger partial charge in [0.15, 0.2) is 5.78 Å². The SMILES string of the molecule is O=C(O)c1ccc(NC(=O)N2CC(=Cc3ccccn3)C(=O)C(c3ccc(O)cc3)C2)cc1. The van der Waals surface area contributed by atoms with Crippen molar-refractivity contribution in [1.29, 1.82) is 0 Å². The Morgan fingerprint density at radius 1 is 1.03 bits per heavy atom. The standard InChI is InChI=1S/C25H21N3O5/c29-21-10-6-16(7-11-21)22-15-28(14-18(23(22)30)13-20-3-1-2-12-26-20)25(33)27-19-8-4-17(5-9-19)24(31)32/h1-13,22,29H,14-15H2,(H,27,33)(H,31,32). The van der Waals surface area contributed by atoms with Gasteiger partial charge in [0.2, 0.25) is 0 Å². The van der Waals surface area contributed by atoms with Gasteiger partial charge >= 0.3 is 12.0 Å². The smallest absolute Gasteiger partial charge is 0.335 e. The molecule has 1 unspecified atom stereocenters. The number of aromatic carboxylic acids is 1. The third-order valence-electron chi connectivity index (χ3n) is 5.37. The van der Waals surface area contributed by atoms with Crippen LogP contribution in [-0.4, -0.2) is 51.0 Å². The summed E-state index contributed by atoms with van der Waals surface area (Å²) in [5.41, 5.74) is 2.29. The van der Waals surface area contributed by atoms with E-state index in [1.54, 1.807) is 36.5 Å². The molecule has 0 bridgehead atoms. The second kappa shape index (κ2) is 9.35. The highest BCUT2D eigenvalue weighted by molar-refractivity contribution is 6.06. The van der Waals surface area contributed by atoms with Crippen molar-refractivity contribution < 1.29 is 24.6 Å². The zero-order valence-corrected chi connectivity index (χ0v) is 17.5. The van der Waals surface area contributed by atoms with Crippen molar-refractivity contribution in [2.45, 2.75) is 5.92 Å². The number of anilines is 1. The summed E-state index contributed by atoms with van der Waals surface area (Å²) in [6, 6.07) is 17.1. The van der Waals surface area contributed by atoms with E-state index < -0.39 is 17.9 Å². The molecule has 1 fully saturated rings. The van der Waals surface area contributed by atoms with Gasteiger partial charge < -0.3 is 20.4 Å². The lowest BCUT2D eigenvalue weighted by Crippen LogP contribution is -2.46. The number of urea groups is 1. The van der Waals surface area contributed by atoms with Crippen LogP contribution in [0.5, 0.6) is 5.75 Å². The van der Waals surface area contributed by atoms with E-state index in [4.69, 9.17) is 5.11 Å². The Kier molecular flexibility index (Phi) is 6.17. The number of nitrogens with one attached hydrogen (secondary N) is 1. The van der Waals surface area contributed by atoms with Crippen molar-refractivity contribution in [1.82, 2.24) is 9.88 Å². The molecule has 0 saturated carbocycles. The van der Waals surface area contributed by atoms with Crippen molar-refractivity contribution in [3.63, 3.8) is 0 Å². The molecule has 1 aliphatic rings. The summed E-state index contributed by atoms with van der Waals surface area (Å²) >= 11 is 0. The Bertz CT molecular complexity index is 1210. The predicted octanol–water partition coefficient (Wildman–Crippen LogP) is 3.77. The minimum Gasteiger partial charge on any atom is -0.508 e. The summed E-state index contributed by atoms with van der Waals surface area (Å²) < 4.78 is 0. The molecule has 8 nitrogen and oxygen atoms in total. The number of benzene rings is 2. The number of rotatable bonds is 4. The second-order valence-corrected chi connectivity index (χ2v) is 7.63. The first-order chi connectivity index (χ1) is 15.9. The molecule has 8 heteroatoms. The van der Waals surface area contributed by atoms with Crippen LogP contribution in [0.3, 0.4) is 0 Å². The number of carboxylic acids is 1. The summed E-state index contributed by atoms with van der Waals surface area (Å²) in [7, 11) is 0. The third kappa shape index (κ3) is 5.07. The molecular weight excluding hydrogens is 422 g/mol. The van der Waals surface area contributed by atoms with Gasteiger partial charge in [-0.2, -0.15) is 0 Å². The first kappa shape index (κ1) is 21.8. The number of ketones is 1. The molecule has 1 saturated heterocycles. The highest BCUT2D eigenvalue weighted by Gasteiger charge is 2.34. The van der Waals surface area contributed by atoms with Gasteiger partial charge in [-0.3, -0.25) is 9.78 Å². The number of Topliss-reactive ketones (excluding diaryl/α,β-unsaturated/α-hetero) is 1. The van der Waals surface area contributed by atoms with E-state index in [2.05, 4.69) is 10.3 Å². The number of amides is 2. The van der Waals surface area contributed by atoms with Crippen LogP contribution in [-0.2, 0) is 4.79 Å². The molecule has 2 amide bonds. The third-order valence-corrected chi connectivity index (χ3v) is 5.37. The molecule has 3 N–H and O–H groups in total. The Morgan fingerprint density at radius 3 is 2.39 bits per heavy atom. The normalized spacial score (nSPS) is 17.1. The molecule has 0 aliphatic carbocycles. The van der Waals surface area contributed by atoms with Crippen LogP contribution in [0.15, 0.2) is 78.5 Å². The summed E-state index contributed by atoms with van der Waals surface area (Å²) in [5.74, 6) is -1.68. The molecule has 1 aliphatic heterocycles. The van der Waals surface area contributed by atoms with Gasteiger partial charge in [-0.25, -0.2) is 9.59 Å². The largest absolute Gasteiger partial charge is 0.508 e. The lowest BCUT2D eigenvalue weighted by molar-refractivity contribution is -0.118. The zero-order chi connectivity index (χ0) is 23.4. The lowest BCUT2D eigenvalue weighted by atomic mass is 9.86. The van der Waals surface area contributed by atoms with Gasteiger partial charge in [0.05, 0.1) is 23.7 Å². The van der Waals surface area contributed by atoms with Crippen LogP contribution in [0.25, 0.3) is 6.08 Å². The lowest BCUT2D eigenvalue weighted by Gasteiger charge is -2.33. The van der Waals surface area contributed by atoms with E-state index in [1.807, 2.05) is 6.07 Å². The predicted molar refractivity (Wildman–Crippen MR) is 122 cm³/mol. The number of pyridine rings is 1. The Morgan fingerprint density at radius 2 is 1.76 bits per heavy atom. The summed E-state index contributed by atoms with van der Waals surface area (Å²) in [4.78, 5) is 43.1. The van der Waals surface area contributed by atoms with Crippen LogP contribution < -0.4 is 5.32 Å². The first-order valence-electron chi connectivity index (χ1n) is 10.2. The average molecular weight is 443 g/mol. The average Bonchev–Trinajstić information content (AvgIpc) is 2.82. The fourth-order valence-corrected chi connectivity index (χ4v) is 3.65. The quantitative estimate of drug-likeness (QED) is 0.528. The van der Waals surface area contributed by atoms with Gasteiger partial charge in [0.1, 0.15) is 5.75 Å². The van der Waals surface area contributed by atoms with Crippen LogP contribution in [0.2, 0.25) is 0 Å². The van der Waals surface area contributed by atoms with Crippen LogP contribution in [0.1, 0.15) is 27.5 Å². The van der Waals surface area contributed by atoms with Crippen LogP contribution in [0, 0.1) is 0 Å². The van der Waals surface area contributed by atoms with Crippen molar-refractivity contribution in [2.75, 3.05) is 18.4 Å². The van der Waals surface area contributed by atoms with Crippen molar-refractivity contribution >= 4 is 29.5 Å². The van der Waals surface area contributed by atoms with Crippen LogP contribution in [0.4, 0.5) is 10.5 Å². The molecule has 1 atom stereocenters. The van der Waals surface area contributed by atoms with Gasteiger partial charge in [0.25, 0.3) is 0 Å². The second-order valence-electron chi connectivity index (χ2n) is 7.63. The summed E-state index contributed by atoms with van der Waals surface area (Å²) in [6.45, 7) is 0.255. The number of likely N-dealkylation sites (tertiary alicyclic amines) is 1. The molecule has 0 spiro atoms. The van der Waals surface area contributed by atoms with Crippen LogP contribution >= 0.6 is 0 Å². The highest BCUT2D eigenvalue weighted by atomic mass is 16.4. The Labute approximate surface area is 189 Å². The van der Waals surface area contributed by atoms with E-state index in [0.717, 1.165) is 0 Å². The maximum Gasteiger partial charge on any atom is 0.335 e. The fraction of sp³-hybridized carbons (Fsp3) is 0.120. The summed E-state index contributed by atoms with van der Waals surface area (Å²) in [6.07, 6.45) is 3.30. The van der Waals surface area contributed by atoms with Crippen molar-refractivity contribution in [2.24, 2.45) is 0 Å². The summed E-state index contributed by atoms with van der Waals surface area (Å²) in [5, 5.41) is 21.4. The molecular formula is C25H21N3O5. The monoisotopic (exact) mass is 443 g/mol. The number of nitrogens with zero attached hydrogens (tertiary/aromatic N) is 2. The number of carbonyl (C=O) groups is 3. The molecule has 2 aromatic carbocycles. The van der Waals surface area contributed by atoms with E-state index >= 15 is 0 Å². The van der Waals surface area contributed by atoms with E-state index in [0.29, 0.717) is 22.5 Å². The number of piperidine rings is 1. The molecule has 3 aromatic rings. The van der Waals surface area contributed by atoms with E-state index in [9.17, 15) is 19.5 Å². The molecule has 4 rings (SSSR count). The molecule has 1 aromatic heterocycles. The minimum absolute atomic E-state index is 0.0886. The number of phenols is 1. The topological polar surface area (TPSA) is 120 Å². The number of hydrogen-bond donors (Lipinski definition) is 3. The number of aromatic nitrogens is 1. The highest BCUT2D eigenvalue weighted by Crippen LogP contribution is 2.29. The Balaban J connectivity index is 1.61. The molecule has 166 valence electrons. The molecule has 33 heavy (non-hydrogen) atoms. The van der Waals surface area contributed by atoms with E-state index in [1.165, 1.54) is 41.3 Å². The van der Waals surface area contributed by atoms with Gasteiger partial charge in [0, 0.05) is 24.0 Å². The number of aromatic hydroxyl groups is 1.